The number of guanidine groups is 1. The number of halogens is 1. The van der Waals surface area contributed by atoms with E-state index in [2.05, 4.69) is 42.0 Å². The van der Waals surface area contributed by atoms with Gasteiger partial charge in [0.15, 0.2) is 5.96 Å². The van der Waals surface area contributed by atoms with Crippen molar-refractivity contribution in [2.45, 2.75) is 27.3 Å². The summed E-state index contributed by atoms with van der Waals surface area (Å²) in [5.74, 6) is 3.19. The summed E-state index contributed by atoms with van der Waals surface area (Å²) in [6.45, 7) is 10.7. The molecule has 0 bridgehead atoms. The SMILES string of the molecule is CCNC(=NCc1nc(C)c(C)o1)N1CCN(c2ncccn2)CC1.I. The zero-order valence-electron chi connectivity index (χ0n) is 15.5. The second-order valence-electron chi connectivity index (χ2n) is 5.94. The number of anilines is 1. The van der Waals surface area contributed by atoms with Crippen LogP contribution in [0.3, 0.4) is 0 Å². The lowest BCUT2D eigenvalue weighted by atomic mass is 10.3. The van der Waals surface area contributed by atoms with Crippen molar-refractivity contribution in [3.63, 3.8) is 0 Å². The number of nitrogens with one attached hydrogen (secondary N) is 1. The number of piperazine rings is 1. The molecule has 142 valence electrons. The van der Waals surface area contributed by atoms with Gasteiger partial charge in [0.05, 0.1) is 5.69 Å². The standard InChI is InChI=1S/C17H25N7O.HI/c1-4-18-16(21-12-15-22-13(2)14(3)25-15)23-8-10-24(11-9-23)17-19-6-5-7-20-17;/h5-7H,4,8-12H2,1-3H3,(H,18,21);1H. The smallest absolute Gasteiger partial charge is 0.225 e. The van der Waals surface area contributed by atoms with Crippen LogP contribution in [0.4, 0.5) is 5.95 Å². The summed E-state index contributed by atoms with van der Waals surface area (Å²) in [6.07, 6.45) is 3.56. The maximum atomic E-state index is 5.62. The quantitative estimate of drug-likeness (QED) is 0.415. The summed E-state index contributed by atoms with van der Waals surface area (Å²) in [4.78, 5) is 22.2. The average molecular weight is 471 g/mol. The van der Waals surface area contributed by atoms with Gasteiger partial charge in [-0.15, -0.1) is 24.0 Å². The fourth-order valence-electron chi connectivity index (χ4n) is 2.75. The Labute approximate surface area is 171 Å². The van der Waals surface area contributed by atoms with E-state index in [0.29, 0.717) is 12.4 Å². The van der Waals surface area contributed by atoms with Crippen molar-refractivity contribution in [1.82, 2.24) is 25.2 Å². The lowest BCUT2D eigenvalue weighted by Gasteiger charge is -2.36. The first-order valence-corrected chi connectivity index (χ1v) is 8.65. The van der Waals surface area contributed by atoms with Crippen LogP contribution in [-0.2, 0) is 6.54 Å². The molecular weight excluding hydrogens is 445 g/mol. The van der Waals surface area contributed by atoms with E-state index in [1.54, 1.807) is 12.4 Å². The Morgan fingerprint density at radius 3 is 2.46 bits per heavy atom. The Kier molecular flexibility index (Phi) is 7.61. The zero-order chi connectivity index (χ0) is 17.6. The van der Waals surface area contributed by atoms with Crippen molar-refractivity contribution in [2.75, 3.05) is 37.6 Å². The normalized spacial score (nSPS) is 15.0. The van der Waals surface area contributed by atoms with Crippen LogP contribution in [0.15, 0.2) is 27.9 Å². The third kappa shape index (κ3) is 5.05. The summed E-state index contributed by atoms with van der Waals surface area (Å²) in [6, 6.07) is 1.84. The fraction of sp³-hybridized carbons (Fsp3) is 0.529. The number of aromatic nitrogens is 3. The van der Waals surface area contributed by atoms with Gasteiger partial charge in [-0.25, -0.2) is 19.9 Å². The van der Waals surface area contributed by atoms with Gasteiger partial charge in [0.25, 0.3) is 0 Å². The van der Waals surface area contributed by atoms with Crippen molar-refractivity contribution < 1.29 is 4.42 Å². The summed E-state index contributed by atoms with van der Waals surface area (Å²) in [7, 11) is 0. The second kappa shape index (κ2) is 9.70. The first-order chi connectivity index (χ1) is 12.2. The number of rotatable bonds is 4. The molecule has 3 heterocycles. The summed E-state index contributed by atoms with van der Waals surface area (Å²) in [5, 5.41) is 3.36. The van der Waals surface area contributed by atoms with Crippen molar-refractivity contribution in [3.8, 4) is 0 Å². The molecule has 1 aliphatic rings. The molecule has 0 amide bonds. The topological polar surface area (TPSA) is 82.7 Å². The van der Waals surface area contributed by atoms with Gasteiger partial charge in [-0.2, -0.15) is 0 Å². The van der Waals surface area contributed by atoms with Crippen LogP contribution in [-0.4, -0.2) is 58.5 Å². The van der Waals surface area contributed by atoms with Gasteiger partial charge in [0.1, 0.15) is 12.3 Å². The summed E-state index contributed by atoms with van der Waals surface area (Å²) < 4.78 is 5.62. The van der Waals surface area contributed by atoms with E-state index in [1.165, 1.54) is 0 Å². The highest BCUT2D eigenvalue weighted by molar-refractivity contribution is 14.0. The minimum Gasteiger partial charge on any atom is -0.444 e. The summed E-state index contributed by atoms with van der Waals surface area (Å²) in [5.41, 5.74) is 0.923. The van der Waals surface area contributed by atoms with Gasteiger partial charge >= 0.3 is 0 Å². The van der Waals surface area contributed by atoms with Crippen LogP contribution in [0.25, 0.3) is 0 Å². The predicted molar refractivity (Wildman–Crippen MR) is 112 cm³/mol. The molecule has 0 spiro atoms. The monoisotopic (exact) mass is 471 g/mol. The molecule has 0 aliphatic carbocycles. The summed E-state index contributed by atoms with van der Waals surface area (Å²) >= 11 is 0. The van der Waals surface area contributed by atoms with E-state index in [-0.39, 0.29) is 24.0 Å². The van der Waals surface area contributed by atoms with Crippen LogP contribution in [0.2, 0.25) is 0 Å². The van der Waals surface area contributed by atoms with Crippen LogP contribution in [0.5, 0.6) is 0 Å². The van der Waals surface area contributed by atoms with Crippen molar-refractivity contribution in [2.24, 2.45) is 4.99 Å². The maximum absolute atomic E-state index is 5.62. The van der Waals surface area contributed by atoms with E-state index < -0.39 is 0 Å². The lowest BCUT2D eigenvalue weighted by molar-refractivity contribution is 0.368. The van der Waals surface area contributed by atoms with Gasteiger partial charge in [-0.3, -0.25) is 0 Å². The average Bonchev–Trinajstić information content (AvgIpc) is 2.97. The Hall–Kier alpha value is -1.91. The number of aliphatic imine (C=N–C) groups is 1. The molecule has 1 aliphatic heterocycles. The van der Waals surface area contributed by atoms with Crippen LogP contribution in [0.1, 0.15) is 24.3 Å². The molecule has 2 aromatic heterocycles. The molecule has 9 heteroatoms. The number of aryl methyl sites for hydroxylation is 2. The van der Waals surface area contributed by atoms with Crippen LogP contribution >= 0.6 is 24.0 Å². The molecule has 1 N–H and O–H groups in total. The van der Waals surface area contributed by atoms with Crippen LogP contribution in [0, 0.1) is 13.8 Å². The Bertz CT molecular complexity index is 692. The zero-order valence-corrected chi connectivity index (χ0v) is 17.8. The van der Waals surface area contributed by atoms with Crippen molar-refractivity contribution in [3.05, 3.63) is 35.8 Å². The van der Waals surface area contributed by atoms with E-state index >= 15 is 0 Å². The number of hydrogen-bond acceptors (Lipinski definition) is 6. The number of oxazole rings is 1. The molecule has 0 saturated carbocycles. The fourth-order valence-corrected chi connectivity index (χ4v) is 2.75. The number of nitrogens with zero attached hydrogens (tertiary/aromatic N) is 6. The van der Waals surface area contributed by atoms with Gasteiger partial charge in [-0.1, -0.05) is 0 Å². The molecular formula is C17H26IN7O. The third-order valence-corrected chi connectivity index (χ3v) is 4.19. The van der Waals surface area contributed by atoms with E-state index in [4.69, 9.17) is 4.42 Å². The largest absolute Gasteiger partial charge is 0.444 e. The molecule has 1 fully saturated rings. The second-order valence-corrected chi connectivity index (χ2v) is 5.94. The lowest BCUT2D eigenvalue weighted by Crippen LogP contribution is -2.53. The maximum Gasteiger partial charge on any atom is 0.225 e. The minimum atomic E-state index is 0. The molecule has 1 saturated heterocycles. The molecule has 26 heavy (non-hydrogen) atoms. The van der Waals surface area contributed by atoms with Gasteiger partial charge in [-0.05, 0) is 26.8 Å². The highest BCUT2D eigenvalue weighted by atomic mass is 127. The Morgan fingerprint density at radius 2 is 1.88 bits per heavy atom. The molecule has 3 rings (SSSR count). The number of hydrogen-bond donors (Lipinski definition) is 1. The third-order valence-electron chi connectivity index (χ3n) is 4.19. The minimum absolute atomic E-state index is 0. The predicted octanol–water partition coefficient (Wildman–Crippen LogP) is 1.99. The Balaban J connectivity index is 0.00000243. The molecule has 0 unspecified atom stereocenters. The molecule has 8 nitrogen and oxygen atoms in total. The van der Waals surface area contributed by atoms with Crippen LogP contribution < -0.4 is 10.2 Å². The van der Waals surface area contributed by atoms with E-state index in [1.807, 2.05) is 19.9 Å². The van der Waals surface area contributed by atoms with Crippen molar-refractivity contribution >= 4 is 35.9 Å². The highest BCUT2D eigenvalue weighted by Gasteiger charge is 2.21. The van der Waals surface area contributed by atoms with Crippen molar-refractivity contribution in [1.29, 1.82) is 0 Å². The molecule has 2 aromatic rings. The Morgan fingerprint density at radius 1 is 1.19 bits per heavy atom. The molecule has 0 atom stereocenters. The van der Waals surface area contributed by atoms with Gasteiger partial charge < -0.3 is 19.5 Å². The molecule has 0 radical (unpaired) electrons. The highest BCUT2D eigenvalue weighted by Crippen LogP contribution is 2.11. The first-order valence-electron chi connectivity index (χ1n) is 8.65. The first kappa shape index (κ1) is 20.4. The van der Waals surface area contributed by atoms with E-state index in [9.17, 15) is 0 Å². The molecule has 0 aromatic carbocycles. The van der Waals surface area contributed by atoms with E-state index in [0.717, 1.165) is 56.1 Å². The van der Waals surface area contributed by atoms with Gasteiger partial charge in [0, 0.05) is 45.1 Å². The van der Waals surface area contributed by atoms with Gasteiger partial charge in [0.2, 0.25) is 11.8 Å².